The van der Waals surface area contributed by atoms with Crippen LogP contribution in [0.5, 0.6) is 0 Å². The average molecular weight is 348 g/mol. The molecule has 0 bridgehead atoms. The maximum Gasteiger partial charge on any atom is 0.327 e. The molecule has 3 amide bonds. The van der Waals surface area contributed by atoms with E-state index in [4.69, 9.17) is 0 Å². The predicted octanol–water partition coefficient (Wildman–Crippen LogP) is 1.56. The van der Waals surface area contributed by atoms with Gasteiger partial charge in [0.05, 0.1) is 23.6 Å². The van der Waals surface area contributed by atoms with Crippen LogP contribution in [0.4, 0.5) is 4.79 Å². The van der Waals surface area contributed by atoms with Crippen LogP contribution >= 0.6 is 11.8 Å². The molecule has 0 radical (unpaired) electrons. The summed E-state index contributed by atoms with van der Waals surface area (Å²) in [5, 5.41) is 6.74. The minimum Gasteiger partial charge on any atom is -0.311 e. The Bertz CT molecular complexity index is 653. The first-order valence-corrected chi connectivity index (χ1v) is 9.17. The van der Waals surface area contributed by atoms with Crippen LogP contribution in [-0.2, 0) is 10.5 Å². The van der Waals surface area contributed by atoms with Gasteiger partial charge in [-0.1, -0.05) is 24.3 Å². The molecule has 130 valence electrons. The Morgan fingerprint density at radius 3 is 2.58 bits per heavy atom. The van der Waals surface area contributed by atoms with Crippen molar-refractivity contribution >= 4 is 23.7 Å². The Kier molecular flexibility index (Phi) is 4.85. The zero-order chi connectivity index (χ0) is 17.4. The maximum atomic E-state index is 12.7. The zero-order valence-electron chi connectivity index (χ0n) is 14.4. The lowest BCUT2D eigenvalue weighted by Crippen LogP contribution is -2.73. The summed E-state index contributed by atoms with van der Waals surface area (Å²) in [5.41, 5.74) is 2.52. The fourth-order valence-electron chi connectivity index (χ4n) is 3.32. The van der Waals surface area contributed by atoms with Crippen molar-refractivity contribution < 1.29 is 9.59 Å². The number of imide groups is 1. The molecule has 6 nitrogen and oxygen atoms in total. The molecule has 0 saturated carbocycles. The van der Waals surface area contributed by atoms with Gasteiger partial charge in [0, 0.05) is 19.8 Å². The van der Waals surface area contributed by atoms with Crippen LogP contribution in [-0.4, -0.2) is 53.5 Å². The number of hydrogen-bond donors (Lipinski definition) is 2. The van der Waals surface area contributed by atoms with Crippen molar-refractivity contribution in [2.45, 2.75) is 37.3 Å². The van der Waals surface area contributed by atoms with Crippen molar-refractivity contribution in [1.82, 2.24) is 20.4 Å². The van der Waals surface area contributed by atoms with E-state index in [2.05, 4.69) is 29.7 Å². The molecular weight excluding hydrogens is 324 g/mol. The van der Waals surface area contributed by atoms with E-state index in [9.17, 15) is 9.59 Å². The third-order valence-electron chi connectivity index (χ3n) is 4.80. The van der Waals surface area contributed by atoms with E-state index >= 15 is 0 Å². The monoisotopic (exact) mass is 348 g/mol. The van der Waals surface area contributed by atoms with Gasteiger partial charge in [-0.15, -0.1) is 11.8 Å². The molecule has 2 fully saturated rings. The molecular formula is C17H24N4O2S. The number of nitrogens with zero attached hydrogens (tertiary/aromatic N) is 2. The molecule has 2 aliphatic rings. The van der Waals surface area contributed by atoms with Crippen molar-refractivity contribution in [2.75, 3.05) is 14.1 Å². The van der Waals surface area contributed by atoms with Crippen LogP contribution in [0.25, 0.3) is 0 Å². The Hall–Kier alpha value is -1.57. The summed E-state index contributed by atoms with van der Waals surface area (Å²) in [6, 6.07) is 8.03. The normalized spacial score (nSPS) is 30.5. The first kappa shape index (κ1) is 17.3. The van der Waals surface area contributed by atoms with Crippen LogP contribution in [0.2, 0.25) is 0 Å². The number of amides is 3. The quantitative estimate of drug-likeness (QED) is 0.868. The number of hydrogen-bond acceptors (Lipinski definition) is 5. The highest BCUT2D eigenvalue weighted by Crippen LogP contribution is 2.33. The highest BCUT2D eigenvalue weighted by molar-refractivity contribution is 7.99. The van der Waals surface area contributed by atoms with Crippen molar-refractivity contribution in [2.24, 2.45) is 5.92 Å². The van der Waals surface area contributed by atoms with E-state index in [1.54, 1.807) is 30.8 Å². The Labute approximate surface area is 146 Å². The number of carbonyl (C=O) groups excluding carboxylic acids is 2. The molecule has 0 aromatic heterocycles. The van der Waals surface area contributed by atoms with Gasteiger partial charge in [-0.05, 0) is 25.0 Å². The summed E-state index contributed by atoms with van der Waals surface area (Å²) in [4.78, 5) is 27.7. The van der Waals surface area contributed by atoms with E-state index in [-0.39, 0.29) is 35.6 Å². The summed E-state index contributed by atoms with van der Waals surface area (Å²) in [5.74, 6) is 0.398. The lowest BCUT2D eigenvalue weighted by Gasteiger charge is -2.49. The number of nitrogens with one attached hydrogen (secondary N) is 2. The molecule has 0 aliphatic carbocycles. The molecule has 4 atom stereocenters. The Balaban J connectivity index is 1.80. The van der Waals surface area contributed by atoms with Gasteiger partial charge >= 0.3 is 6.03 Å². The second-order valence-electron chi connectivity index (χ2n) is 6.47. The minimum atomic E-state index is -0.303. The lowest BCUT2D eigenvalue weighted by molar-refractivity contribution is -0.140. The molecule has 2 heterocycles. The van der Waals surface area contributed by atoms with Crippen LogP contribution in [0.3, 0.4) is 0 Å². The number of rotatable bonds is 3. The molecule has 2 N–H and O–H groups in total. The van der Waals surface area contributed by atoms with Gasteiger partial charge in [0.2, 0.25) is 5.91 Å². The first-order chi connectivity index (χ1) is 11.4. The molecule has 2 saturated heterocycles. The second-order valence-corrected chi connectivity index (χ2v) is 7.60. The highest BCUT2D eigenvalue weighted by Gasteiger charge is 2.50. The van der Waals surface area contributed by atoms with Gasteiger partial charge in [-0.25, -0.2) is 4.79 Å². The van der Waals surface area contributed by atoms with Gasteiger partial charge in [0.15, 0.2) is 0 Å². The molecule has 24 heavy (non-hydrogen) atoms. The summed E-state index contributed by atoms with van der Waals surface area (Å²) in [6.45, 7) is 4.11. The topological polar surface area (TPSA) is 64.7 Å². The molecule has 7 heteroatoms. The van der Waals surface area contributed by atoms with Gasteiger partial charge in [0.25, 0.3) is 0 Å². The molecule has 2 aliphatic heterocycles. The van der Waals surface area contributed by atoms with Gasteiger partial charge < -0.3 is 4.90 Å². The third-order valence-corrected chi connectivity index (χ3v) is 6.07. The van der Waals surface area contributed by atoms with Crippen molar-refractivity contribution in [3.63, 3.8) is 0 Å². The van der Waals surface area contributed by atoms with Crippen molar-refractivity contribution in [1.29, 1.82) is 0 Å². The van der Waals surface area contributed by atoms with Gasteiger partial charge in [0.1, 0.15) is 0 Å². The summed E-state index contributed by atoms with van der Waals surface area (Å²) in [7, 11) is 3.30. The molecule has 3 rings (SSSR count). The zero-order valence-corrected chi connectivity index (χ0v) is 15.3. The number of aryl methyl sites for hydroxylation is 1. The predicted molar refractivity (Wildman–Crippen MR) is 95.2 cm³/mol. The SMILES string of the molecule is Cc1ccccc1CSC1NC(C)NC2C1C(=O)N(C)C(=O)N2C. The van der Waals surface area contributed by atoms with Crippen molar-refractivity contribution in [3.8, 4) is 0 Å². The fraction of sp³-hybridized carbons (Fsp3) is 0.529. The first-order valence-electron chi connectivity index (χ1n) is 8.12. The molecule has 0 spiro atoms. The number of carbonyl (C=O) groups is 2. The minimum absolute atomic E-state index is 0.0343. The number of benzene rings is 1. The lowest BCUT2D eigenvalue weighted by atomic mass is 9.97. The third kappa shape index (κ3) is 3.03. The van der Waals surface area contributed by atoms with Crippen LogP contribution in [0, 0.1) is 12.8 Å². The summed E-state index contributed by atoms with van der Waals surface area (Å²) >= 11 is 1.73. The Morgan fingerprint density at radius 1 is 1.17 bits per heavy atom. The smallest absolute Gasteiger partial charge is 0.311 e. The maximum absolute atomic E-state index is 12.7. The molecule has 1 aromatic carbocycles. The molecule has 4 unspecified atom stereocenters. The largest absolute Gasteiger partial charge is 0.327 e. The Morgan fingerprint density at radius 2 is 1.88 bits per heavy atom. The van der Waals surface area contributed by atoms with E-state index in [1.807, 2.05) is 19.1 Å². The van der Waals surface area contributed by atoms with Crippen LogP contribution in [0.15, 0.2) is 24.3 Å². The summed E-state index contributed by atoms with van der Waals surface area (Å²) < 4.78 is 0. The molecule has 1 aromatic rings. The second kappa shape index (κ2) is 6.74. The number of urea groups is 1. The number of fused-ring (bicyclic) bond motifs is 1. The van der Waals surface area contributed by atoms with E-state index in [0.29, 0.717) is 0 Å². The standard InChI is InChI=1S/C17H24N4O2S/c1-10-7-5-6-8-12(10)9-24-15-13-14(18-11(2)19-15)20(3)17(23)21(4)16(13)22/h5-8,11,13-15,18-19H,9H2,1-4H3. The van der Waals surface area contributed by atoms with Crippen LogP contribution in [0.1, 0.15) is 18.1 Å². The van der Waals surface area contributed by atoms with E-state index < -0.39 is 0 Å². The fourth-order valence-corrected chi connectivity index (χ4v) is 4.77. The highest BCUT2D eigenvalue weighted by atomic mass is 32.2. The van der Waals surface area contributed by atoms with Gasteiger partial charge in [-0.3, -0.25) is 20.3 Å². The van der Waals surface area contributed by atoms with Crippen molar-refractivity contribution in [3.05, 3.63) is 35.4 Å². The van der Waals surface area contributed by atoms with Crippen LogP contribution < -0.4 is 10.6 Å². The van der Waals surface area contributed by atoms with E-state index in [1.165, 1.54) is 16.0 Å². The average Bonchev–Trinajstić information content (AvgIpc) is 2.56. The van der Waals surface area contributed by atoms with Gasteiger partial charge in [-0.2, -0.15) is 0 Å². The van der Waals surface area contributed by atoms with E-state index in [0.717, 1.165) is 5.75 Å². The number of thioether (sulfide) groups is 1. The summed E-state index contributed by atoms with van der Waals surface area (Å²) in [6.07, 6.45) is -0.237.